The zero-order valence-corrected chi connectivity index (χ0v) is 9.68. The average molecular weight is 257 g/mol. The molecule has 0 aromatic heterocycles. The first kappa shape index (κ1) is 14.0. The summed E-state index contributed by atoms with van der Waals surface area (Å²) in [5.41, 5.74) is 1.14. The van der Waals surface area contributed by atoms with E-state index in [0.717, 1.165) is 0 Å². The fourth-order valence-electron chi connectivity index (χ4n) is 1.16. The molecule has 0 aliphatic carbocycles. The molecule has 0 aliphatic heterocycles. The van der Waals surface area contributed by atoms with Gasteiger partial charge in [0.05, 0.1) is 18.5 Å². The van der Waals surface area contributed by atoms with Crippen LogP contribution in [0.3, 0.4) is 0 Å². The number of hydrazone groups is 1. The van der Waals surface area contributed by atoms with Gasteiger partial charge in [-0.15, -0.1) is 0 Å². The summed E-state index contributed by atoms with van der Waals surface area (Å²) in [4.78, 5) is 3.94. The van der Waals surface area contributed by atoms with Crippen LogP contribution in [0.15, 0.2) is 28.3 Å². The Bertz CT molecular complexity index is 462. The van der Waals surface area contributed by atoms with Gasteiger partial charge in [-0.3, -0.25) is 4.99 Å². The van der Waals surface area contributed by atoms with Gasteiger partial charge in [-0.1, -0.05) is 6.07 Å². The molecule has 1 aromatic carbocycles. The van der Waals surface area contributed by atoms with E-state index in [9.17, 15) is 8.78 Å². The number of halogens is 2. The zero-order chi connectivity index (χ0) is 13.5. The maximum Gasteiger partial charge on any atom is 0.387 e. The van der Waals surface area contributed by atoms with Crippen LogP contribution in [-0.2, 0) is 0 Å². The molecular weight excluding hydrogens is 244 g/mol. The van der Waals surface area contributed by atoms with E-state index < -0.39 is 6.61 Å². The summed E-state index contributed by atoms with van der Waals surface area (Å²) in [6, 6.07) is 4.59. The lowest BCUT2D eigenvalue weighted by Gasteiger charge is -2.08. The quantitative estimate of drug-likeness (QED) is 0.477. The minimum atomic E-state index is -2.89. The lowest BCUT2D eigenvalue weighted by Crippen LogP contribution is -2.08. The highest BCUT2D eigenvalue weighted by molar-refractivity contribution is 6.31. The minimum Gasteiger partial charge on any atom is -0.434 e. The second kappa shape index (κ2) is 6.65. The largest absolute Gasteiger partial charge is 0.434 e. The standard InChI is InChI=1S/C11H13F2N3O2/c1-7-2-3-8(4-10(7)18-11(12)13)15-5-9(6-17)16-14/h2-5,11,17H,6,14H2,1H3. The second-order valence-corrected chi connectivity index (χ2v) is 3.37. The molecule has 0 bridgehead atoms. The van der Waals surface area contributed by atoms with Crippen molar-refractivity contribution in [3.05, 3.63) is 23.8 Å². The number of aliphatic imine (C=N–C) groups is 1. The van der Waals surface area contributed by atoms with E-state index in [1.807, 2.05) is 0 Å². The number of hydrogen-bond donors (Lipinski definition) is 2. The number of aryl methyl sites for hydroxylation is 1. The molecule has 0 saturated heterocycles. The number of rotatable bonds is 5. The highest BCUT2D eigenvalue weighted by atomic mass is 19.3. The van der Waals surface area contributed by atoms with Gasteiger partial charge in [-0.25, -0.2) is 0 Å². The van der Waals surface area contributed by atoms with Gasteiger partial charge in [-0.2, -0.15) is 13.9 Å². The molecule has 7 heteroatoms. The van der Waals surface area contributed by atoms with Gasteiger partial charge in [-0.05, 0) is 18.6 Å². The predicted molar refractivity (Wildman–Crippen MR) is 64.7 cm³/mol. The fourth-order valence-corrected chi connectivity index (χ4v) is 1.16. The third-order valence-corrected chi connectivity index (χ3v) is 2.08. The first-order valence-corrected chi connectivity index (χ1v) is 5.04. The Morgan fingerprint density at radius 2 is 2.28 bits per heavy atom. The van der Waals surface area contributed by atoms with Crippen molar-refractivity contribution in [1.29, 1.82) is 0 Å². The van der Waals surface area contributed by atoms with E-state index in [1.165, 1.54) is 12.3 Å². The molecule has 0 atom stereocenters. The summed E-state index contributed by atoms with van der Waals surface area (Å²) in [6.45, 7) is -1.60. The molecular formula is C11H13F2N3O2. The number of nitrogens with zero attached hydrogens (tertiary/aromatic N) is 2. The van der Waals surface area contributed by atoms with Crippen LogP contribution >= 0.6 is 0 Å². The Kier molecular flexibility index (Phi) is 5.19. The molecule has 0 heterocycles. The van der Waals surface area contributed by atoms with Gasteiger partial charge in [0.25, 0.3) is 0 Å². The number of alkyl halides is 2. The monoisotopic (exact) mass is 257 g/mol. The summed E-state index contributed by atoms with van der Waals surface area (Å²) >= 11 is 0. The van der Waals surface area contributed by atoms with E-state index in [1.54, 1.807) is 19.1 Å². The molecule has 0 fully saturated rings. The van der Waals surface area contributed by atoms with E-state index in [0.29, 0.717) is 11.3 Å². The first-order chi connectivity index (χ1) is 8.56. The van der Waals surface area contributed by atoms with Gasteiger partial charge >= 0.3 is 6.61 Å². The highest BCUT2D eigenvalue weighted by Crippen LogP contribution is 2.25. The zero-order valence-electron chi connectivity index (χ0n) is 9.68. The van der Waals surface area contributed by atoms with Crippen LogP contribution in [0.1, 0.15) is 5.56 Å². The summed E-state index contributed by atoms with van der Waals surface area (Å²) in [6.07, 6.45) is 1.25. The van der Waals surface area contributed by atoms with Gasteiger partial charge in [0.15, 0.2) is 0 Å². The third kappa shape index (κ3) is 4.10. The van der Waals surface area contributed by atoms with Crippen LogP contribution < -0.4 is 10.6 Å². The molecule has 0 radical (unpaired) electrons. The fraction of sp³-hybridized carbons (Fsp3) is 0.273. The molecule has 98 valence electrons. The molecule has 0 amide bonds. The van der Waals surface area contributed by atoms with E-state index in [4.69, 9.17) is 10.9 Å². The Morgan fingerprint density at radius 1 is 1.56 bits per heavy atom. The molecule has 5 nitrogen and oxygen atoms in total. The average Bonchev–Trinajstić information content (AvgIpc) is 2.33. The second-order valence-electron chi connectivity index (χ2n) is 3.37. The number of aliphatic hydroxyl groups excluding tert-OH is 1. The SMILES string of the molecule is Cc1ccc(N=CC(CO)=NN)cc1OC(F)F. The van der Waals surface area contributed by atoms with Crippen molar-refractivity contribution in [2.75, 3.05) is 6.61 Å². The number of ether oxygens (including phenoxy) is 1. The Hall–Kier alpha value is -2.02. The van der Waals surface area contributed by atoms with E-state index in [2.05, 4.69) is 14.8 Å². The van der Waals surface area contributed by atoms with Crippen molar-refractivity contribution >= 4 is 17.6 Å². The van der Waals surface area contributed by atoms with Crippen LogP contribution in [0.2, 0.25) is 0 Å². The molecule has 1 rings (SSSR count). The van der Waals surface area contributed by atoms with Crippen molar-refractivity contribution in [3.8, 4) is 5.75 Å². The van der Waals surface area contributed by atoms with Crippen molar-refractivity contribution in [2.45, 2.75) is 13.5 Å². The smallest absolute Gasteiger partial charge is 0.387 e. The van der Waals surface area contributed by atoms with Gasteiger partial charge in [0, 0.05) is 6.07 Å². The summed E-state index contributed by atoms with van der Waals surface area (Å²) in [5.74, 6) is 5.03. The number of aliphatic hydroxyl groups is 1. The molecule has 0 aliphatic rings. The molecule has 0 unspecified atom stereocenters. The van der Waals surface area contributed by atoms with Crippen molar-refractivity contribution in [1.82, 2.24) is 0 Å². The Balaban J connectivity index is 2.91. The molecule has 0 saturated carbocycles. The number of hydrogen-bond acceptors (Lipinski definition) is 5. The maximum atomic E-state index is 12.1. The van der Waals surface area contributed by atoms with Crippen LogP contribution in [0.25, 0.3) is 0 Å². The number of benzene rings is 1. The van der Waals surface area contributed by atoms with Crippen LogP contribution in [0, 0.1) is 6.92 Å². The highest BCUT2D eigenvalue weighted by Gasteiger charge is 2.07. The Morgan fingerprint density at radius 3 is 2.83 bits per heavy atom. The van der Waals surface area contributed by atoms with Crippen LogP contribution in [-0.4, -0.2) is 30.3 Å². The molecule has 0 spiro atoms. The summed E-state index contributed by atoms with van der Waals surface area (Å²) in [7, 11) is 0. The summed E-state index contributed by atoms with van der Waals surface area (Å²) in [5, 5.41) is 12.1. The molecule has 1 aromatic rings. The maximum absolute atomic E-state index is 12.1. The van der Waals surface area contributed by atoms with E-state index >= 15 is 0 Å². The van der Waals surface area contributed by atoms with Crippen LogP contribution in [0.4, 0.5) is 14.5 Å². The third-order valence-electron chi connectivity index (χ3n) is 2.08. The lowest BCUT2D eigenvalue weighted by atomic mass is 10.2. The molecule has 18 heavy (non-hydrogen) atoms. The normalized spacial score (nSPS) is 12.4. The van der Waals surface area contributed by atoms with Crippen molar-refractivity contribution in [2.24, 2.45) is 15.9 Å². The number of nitrogens with two attached hydrogens (primary N) is 1. The topological polar surface area (TPSA) is 80.2 Å². The van der Waals surface area contributed by atoms with Crippen molar-refractivity contribution in [3.63, 3.8) is 0 Å². The van der Waals surface area contributed by atoms with Crippen LogP contribution in [0.5, 0.6) is 5.75 Å². The Labute approximate surface area is 103 Å². The summed E-state index contributed by atoms with van der Waals surface area (Å²) < 4.78 is 28.6. The minimum absolute atomic E-state index is 0.0508. The van der Waals surface area contributed by atoms with Gasteiger partial charge in [0.2, 0.25) is 0 Å². The van der Waals surface area contributed by atoms with Gasteiger partial charge < -0.3 is 15.7 Å². The first-order valence-electron chi connectivity index (χ1n) is 5.04. The lowest BCUT2D eigenvalue weighted by molar-refractivity contribution is -0.0502. The van der Waals surface area contributed by atoms with Crippen molar-refractivity contribution < 1.29 is 18.6 Å². The predicted octanol–water partition coefficient (Wildman–Crippen LogP) is 1.61. The van der Waals surface area contributed by atoms with Gasteiger partial charge in [0.1, 0.15) is 11.5 Å². The molecule has 3 N–H and O–H groups in total. The van der Waals surface area contributed by atoms with E-state index in [-0.39, 0.29) is 18.1 Å².